The molecular weight excluding hydrogens is 542 g/mol. The van der Waals surface area contributed by atoms with Crippen LogP contribution in [0.5, 0.6) is 0 Å². The molecule has 0 spiro atoms. The molecule has 2 rings (SSSR count). The molecule has 2 amide bonds. The van der Waals surface area contributed by atoms with Gasteiger partial charge >= 0.3 is 6.09 Å². The first-order valence-corrected chi connectivity index (χ1v) is 14.2. The fourth-order valence-electron chi connectivity index (χ4n) is 5.03. The second kappa shape index (κ2) is 16.2. The van der Waals surface area contributed by atoms with Crippen molar-refractivity contribution in [2.75, 3.05) is 20.8 Å². The number of amides is 2. The number of carbonyl (C=O) groups excluding carboxylic acids is 4. The molecule has 11 heteroatoms. The lowest BCUT2D eigenvalue weighted by molar-refractivity contribution is -0.120. The number of ketones is 2. The van der Waals surface area contributed by atoms with Crippen molar-refractivity contribution in [1.82, 2.24) is 10.6 Å². The first-order valence-electron chi connectivity index (χ1n) is 14.2. The SMILES string of the molecule is CCCNC1=C2CC(C)CC(OC)[C@@H](O)[C@H](C)/C=C(/C)[C@@H](OC(N)=O)[C@H](OC)/C=C\C=C(\C)C(=O)NC(=CC1=O)C2=O. The van der Waals surface area contributed by atoms with Gasteiger partial charge in [-0.25, -0.2) is 4.79 Å². The van der Waals surface area contributed by atoms with Gasteiger partial charge in [-0.05, 0) is 44.6 Å². The van der Waals surface area contributed by atoms with Gasteiger partial charge in [-0.2, -0.15) is 0 Å². The molecule has 0 saturated heterocycles. The van der Waals surface area contributed by atoms with Crippen LogP contribution >= 0.6 is 0 Å². The van der Waals surface area contributed by atoms with Crippen LogP contribution in [0.2, 0.25) is 0 Å². The molecular formula is C31H45N3O8. The summed E-state index contributed by atoms with van der Waals surface area (Å²) in [5.41, 5.74) is 6.59. The highest BCUT2D eigenvalue weighted by molar-refractivity contribution is 6.23. The van der Waals surface area contributed by atoms with Crippen LogP contribution in [-0.2, 0) is 28.6 Å². The molecule has 5 N–H and O–H groups in total. The Kier molecular flexibility index (Phi) is 13.4. The fraction of sp³-hybridized carbons (Fsp3) is 0.548. The summed E-state index contributed by atoms with van der Waals surface area (Å²) in [6.45, 7) is 9.47. The molecule has 0 aromatic rings. The number of allylic oxidation sites excluding steroid dienone is 4. The molecule has 42 heavy (non-hydrogen) atoms. The third kappa shape index (κ3) is 9.23. The summed E-state index contributed by atoms with van der Waals surface area (Å²) in [4.78, 5) is 51.4. The minimum absolute atomic E-state index is 0.106. The molecule has 6 atom stereocenters. The van der Waals surface area contributed by atoms with Gasteiger partial charge in [0.15, 0.2) is 6.10 Å². The molecule has 1 heterocycles. The number of aliphatic hydroxyl groups is 1. The highest BCUT2D eigenvalue weighted by Crippen LogP contribution is 2.28. The Morgan fingerprint density at radius 1 is 1.17 bits per heavy atom. The van der Waals surface area contributed by atoms with Crippen LogP contribution in [0.15, 0.2) is 58.5 Å². The van der Waals surface area contributed by atoms with Gasteiger partial charge in [-0.1, -0.05) is 45.1 Å². The van der Waals surface area contributed by atoms with Gasteiger partial charge in [0, 0.05) is 43.9 Å². The van der Waals surface area contributed by atoms with Gasteiger partial charge < -0.3 is 35.7 Å². The standard InChI is InChI=1S/C31H45N3O8/c1-8-12-33-26-21-13-17(2)14-25(41-7)27(36)19(4)15-20(5)29(42-31(32)39)24(40-6)11-9-10-18(3)30(38)34-22(28(21)37)16-23(26)35/h9-11,15-17,19,24-25,27,29,33,36H,8,12-14H2,1-7H3,(H2,32,39)(H,34,38)/b11-9-,18-10-,20-15-/t17?,19-,24-,25?,27+,29-/m1/s1. The summed E-state index contributed by atoms with van der Waals surface area (Å²) in [7, 11) is 2.94. The molecule has 0 aromatic carbocycles. The maximum absolute atomic E-state index is 13.6. The van der Waals surface area contributed by atoms with E-state index in [4.69, 9.17) is 19.9 Å². The van der Waals surface area contributed by atoms with Gasteiger partial charge in [0.1, 0.15) is 6.10 Å². The van der Waals surface area contributed by atoms with E-state index in [1.165, 1.54) is 20.3 Å². The Balaban J connectivity index is 2.61. The average molecular weight is 588 g/mol. The minimum Gasteiger partial charge on any atom is -0.439 e. The predicted molar refractivity (Wildman–Crippen MR) is 158 cm³/mol. The number of carbonyl (C=O) groups is 4. The summed E-state index contributed by atoms with van der Waals surface area (Å²) in [5.74, 6) is -2.01. The first-order chi connectivity index (χ1) is 19.8. The Morgan fingerprint density at radius 3 is 2.45 bits per heavy atom. The molecule has 0 radical (unpaired) electrons. The Bertz CT molecular complexity index is 1180. The second-order valence-corrected chi connectivity index (χ2v) is 10.9. The Labute approximate surface area is 247 Å². The van der Waals surface area contributed by atoms with E-state index in [9.17, 15) is 24.3 Å². The van der Waals surface area contributed by atoms with Crippen molar-refractivity contribution in [2.45, 2.75) is 78.3 Å². The van der Waals surface area contributed by atoms with Crippen molar-refractivity contribution in [2.24, 2.45) is 17.6 Å². The van der Waals surface area contributed by atoms with E-state index < -0.39 is 53.9 Å². The lowest BCUT2D eigenvalue weighted by Crippen LogP contribution is -2.38. The van der Waals surface area contributed by atoms with Crippen molar-refractivity contribution in [1.29, 1.82) is 0 Å². The Morgan fingerprint density at radius 2 is 1.86 bits per heavy atom. The average Bonchev–Trinajstić information content (AvgIpc) is 2.94. The quantitative estimate of drug-likeness (QED) is 0.270. The largest absolute Gasteiger partial charge is 0.439 e. The highest BCUT2D eigenvalue weighted by Gasteiger charge is 2.33. The number of rotatable bonds is 6. The van der Waals surface area contributed by atoms with Crippen LogP contribution in [-0.4, -0.2) is 73.9 Å². The number of hydrogen-bond donors (Lipinski definition) is 4. The number of fused-ring (bicyclic) bond motifs is 2. The third-order valence-corrected chi connectivity index (χ3v) is 7.35. The van der Waals surface area contributed by atoms with E-state index in [0.29, 0.717) is 18.5 Å². The molecule has 0 fully saturated rings. The van der Waals surface area contributed by atoms with Crippen LogP contribution in [0.3, 0.4) is 0 Å². The van der Waals surface area contributed by atoms with Crippen LogP contribution in [0, 0.1) is 11.8 Å². The van der Waals surface area contributed by atoms with Crippen molar-refractivity contribution < 1.29 is 38.5 Å². The summed E-state index contributed by atoms with van der Waals surface area (Å²) in [6.07, 6.45) is 4.69. The maximum Gasteiger partial charge on any atom is 0.405 e. The van der Waals surface area contributed by atoms with E-state index in [-0.39, 0.29) is 34.9 Å². The van der Waals surface area contributed by atoms with Crippen molar-refractivity contribution >= 4 is 23.6 Å². The molecule has 1 aliphatic heterocycles. The molecule has 11 nitrogen and oxygen atoms in total. The monoisotopic (exact) mass is 587 g/mol. The number of methoxy groups -OCH3 is 2. The van der Waals surface area contributed by atoms with Gasteiger partial charge in [-0.15, -0.1) is 0 Å². The Hall–Kier alpha value is -3.54. The summed E-state index contributed by atoms with van der Waals surface area (Å²) in [5, 5.41) is 16.9. The van der Waals surface area contributed by atoms with Crippen molar-refractivity contribution in [3.05, 3.63) is 58.5 Å². The number of nitrogens with two attached hydrogens (primary N) is 1. The zero-order valence-corrected chi connectivity index (χ0v) is 25.6. The molecule has 232 valence electrons. The van der Waals surface area contributed by atoms with E-state index in [0.717, 1.165) is 12.5 Å². The first kappa shape index (κ1) is 34.7. The van der Waals surface area contributed by atoms with Gasteiger partial charge in [0.05, 0.1) is 23.6 Å². The van der Waals surface area contributed by atoms with Crippen LogP contribution < -0.4 is 16.4 Å². The van der Waals surface area contributed by atoms with Crippen LogP contribution in [0.25, 0.3) is 0 Å². The van der Waals surface area contributed by atoms with Crippen molar-refractivity contribution in [3.63, 3.8) is 0 Å². The highest BCUT2D eigenvalue weighted by atomic mass is 16.6. The van der Waals surface area contributed by atoms with E-state index >= 15 is 0 Å². The summed E-state index contributed by atoms with van der Waals surface area (Å²) in [6, 6.07) is 0. The second-order valence-electron chi connectivity index (χ2n) is 10.9. The van der Waals surface area contributed by atoms with E-state index in [1.54, 1.807) is 32.1 Å². The molecule has 2 unspecified atom stereocenters. The zero-order chi connectivity index (χ0) is 31.6. The number of ether oxygens (including phenoxy) is 3. The normalized spacial score (nSPS) is 31.7. The van der Waals surface area contributed by atoms with Gasteiger partial charge in [-0.3, -0.25) is 14.4 Å². The minimum atomic E-state index is -0.995. The van der Waals surface area contributed by atoms with Crippen LogP contribution in [0.1, 0.15) is 53.9 Å². The topological polar surface area (TPSA) is 166 Å². The number of hydrogen-bond acceptors (Lipinski definition) is 9. The zero-order valence-electron chi connectivity index (χ0n) is 25.6. The molecule has 0 aromatic heterocycles. The molecule has 1 aliphatic carbocycles. The number of nitrogens with one attached hydrogen (secondary N) is 2. The van der Waals surface area contributed by atoms with Crippen LogP contribution in [0.4, 0.5) is 4.79 Å². The van der Waals surface area contributed by atoms with E-state index in [2.05, 4.69) is 10.6 Å². The van der Waals surface area contributed by atoms with Crippen molar-refractivity contribution in [3.8, 4) is 0 Å². The fourth-order valence-corrected chi connectivity index (χ4v) is 5.03. The summed E-state index contributed by atoms with van der Waals surface area (Å²) >= 11 is 0. The predicted octanol–water partition coefficient (Wildman–Crippen LogP) is 2.76. The van der Waals surface area contributed by atoms with Gasteiger partial charge in [0.25, 0.3) is 5.91 Å². The molecule has 0 saturated carbocycles. The lowest BCUT2D eigenvalue weighted by atomic mass is 9.85. The molecule has 2 bridgehead atoms. The smallest absolute Gasteiger partial charge is 0.405 e. The molecule has 2 aliphatic rings. The summed E-state index contributed by atoms with van der Waals surface area (Å²) < 4.78 is 16.6. The van der Waals surface area contributed by atoms with E-state index in [1.807, 2.05) is 20.8 Å². The number of Topliss-reactive ketones (excluding diaryl/α,β-unsaturated/α-hetero) is 1. The number of primary amides is 1. The number of aliphatic hydroxyl groups excluding tert-OH is 1. The van der Waals surface area contributed by atoms with Gasteiger partial charge in [0.2, 0.25) is 11.6 Å². The third-order valence-electron chi connectivity index (χ3n) is 7.35. The lowest BCUT2D eigenvalue weighted by Gasteiger charge is -2.30. The maximum atomic E-state index is 13.6.